The molecule has 1 N–H and O–H groups in total. The first-order valence-electron chi connectivity index (χ1n) is 8.08. The van der Waals surface area contributed by atoms with Gasteiger partial charge in [0.1, 0.15) is 6.29 Å². The second-order valence-corrected chi connectivity index (χ2v) is 8.41. The van der Waals surface area contributed by atoms with Crippen molar-refractivity contribution in [3.8, 4) is 0 Å². The smallest absolute Gasteiger partial charge is 0.303 e. The van der Waals surface area contributed by atoms with Crippen LogP contribution in [-0.4, -0.2) is 24.1 Å². The molecule has 1 saturated carbocycles. The number of hydrogen-bond acceptors (Lipinski definition) is 2. The monoisotopic (exact) mass is 361 g/mol. The van der Waals surface area contributed by atoms with Crippen LogP contribution in [0.15, 0.2) is 29.2 Å². The molecule has 1 fully saturated rings. The maximum atomic E-state index is 12.5. The molecule has 0 aliphatic heterocycles. The predicted octanol–water partition coefficient (Wildman–Crippen LogP) is 5.17. The summed E-state index contributed by atoms with van der Waals surface area (Å²) in [5.41, 5.74) is -0.630. The van der Waals surface area contributed by atoms with E-state index in [0.717, 1.165) is 36.2 Å². The first kappa shape index (κ1) is 20.8. The lowest BCUT2D eigenvalue weighted by Gasteiger charge is -2.28. The molecule has 0 aromatic heterocycles. The van der Waals surface area contributed by atoms with E-state index in [1.165, 1.54) is 31.4 Å². The second kappa shape index (κ2) is 9.28. The zero-order valence-corrected chi connectivity index (χ0v) is 14.9. The molecule has 1 aliphatic carbocycles. The van der Waals surface area contributed by atoms with Crippen LogP contribution >= 0.6 is 9.39 Å². The summed E-state index contributed by atoms with van der Waals surface area (Å²) in [6.07, 6.45) is 3.06. The number of nitrogens with one attached hydrogen (secondary N) is 1. The highest BCUT2D eigenvalue weighted by molar-refractivity contribution is 8.26. The fraction of sp³-hybridized carbons (Fsp3) is 0.500. The molecule has 0 atom stereocenters. The molecule has 6 heteroatoms. The highest BCUT2D eigenvalue weighted by Gasteiger charge is 2.30. The molecule has 24 heavy (non-hydrogen) atoms. The quantitative estimate of drug-likeness (QED) is 0.592. The van der Waals surface area contributed by atoms with Crippen LogP contribution in [0.4, 0.5) is 13.2 Å². The lowest BCUT2D eigenvalue weighted by Crippen LogP contribution is -2.28. The zero-order chi connectivity index (χ0) is 18.2. The van der Waals surface area contributed by atoms with Crippen molar-refractivity contribution in [3.05, 3.63) is 29.8 Å². The number of carbonyl (C=O) groups excluding carboxylic acids is 1. The average molecular weight is 361 g/mol. The summed E-state index contributed by atoms with van der Waals surface area (Å²) in [4.78, 5) is 9.93. The van der Waals surface area contributed by atoms with Gasteiger partial charge in [-0.3, -0.25) is 4.72 Å². The van der Waals surface area contributed by atoms with Gasteiger partial charge in [-0.15, -0.1) is 9.39 Å². The summed E-state index contributed by atoms with van der Waals surface area (Å²) in [5.74, 6) is 8.21. The first-order chi connectivity index (χ1) is 11.2. The fourth-order valence-corrected chi connectivity index (χ4v) is 4.18. The van der Waals surface area contributed by atoms with E-state index in [2.05, 4.69) is 16.5 Å². The number of aldehydes is 1. The summed E-state index contributed by atoms with van der Waals surface area (Å²) in [6.45, 7) is 1.81. The highest BCUT2D eigenvalue weighted by atomic mass is 32.2. The lowest BCUT2D eigenvalue weighted by atomic mass is 9.96. The number of rotatable bonds is 4. The Balaban J connectivity index is 0.000000648. The molecule has 0 heterocycles. The number of alkyl halides is 3. The zero-order valence-electron chi connectivity index (χ0n) is 14.1. The molecule has 0 amide bonds. The molecule has 0 unspecified atom stereocenters. The Kier molecular flexibility index (Phi) is 8.03. The Morgan fingerprint density at radius 3 is 2.08 bits per heavy atom. The van der Waals surface area contributed by atoms with E-state index in [4.69, 9.17) is 0 Å². The van der Waals surface area contributed by atoms with Crippen LogP contribution in [0.3, 0.4) is 0 Å². The van der Waals surface area contributed by atoms with Crippen LogP contribution in [0.2, 0.25) is 0 Å². The number of halogens is 3. The van der Waals surface area contributed by atoms with Gasteiger partial charge >= 0.3 is 6.18 Å². The Labute approximate surface area is 143 Å². The third-order valence-electron chi connectivity index (χ3n) is 3.80. The maximum absolute atomic E-state index is 12.5. The molecule has 2 rings (SSSR count). The molecule has 1 aromatic rings. The van der Waals surface area contributed by atoms with Crippen molar-refractivity contribution in [2.24, 2.45) is 0 Å². The molecular formula is C18H26F3NOS. The van der Waals surface area contributed by atoms with E-state index < -0.39 is 21.1 Å². The second-order valence-electron chi connectivity index (χ2n) is 5.93. The summed E-state index contributed by atoms with van der Waals surface area (Å²) >= 11 is 0. The third kappa shape index (κ3) is 6.69. The number of carbonyl (C=O) groups is 1. The summed E-state index contributed by atoms with van der Waals surface area (Å²) < 4.78 is 41.1. The first-order valence-corrected chi connectivity index (χ1v) is 10.1. The minimum Gasteiger partial charge on any atom is -0.303 e. The molecule has 0 saturated heterocycles. The van der Waals surface area contributed by atoms with Crippen LogP contribution in [0.1, 0.15) is 51.0 Å². The Hall–Kier alpha value is -1.27. The number of hydrogen-bond donors (Lipinski definition) is 1. The molecule has 1 aromatic carbocycles. The molecule has 2 nitrogen and oxygen atoms in total. The van der Waals surface area contributed by atoms with Gasteiger partial charge < -0.3 is 4.79 Å². The number of benzene rings is 1. The molecule has 1 aliphatic rings. The molecule has 0 radical (unpaired) electrons. The molecule has 0 spiro atoms. The van der Waals surface area contributed by atoms with Gasteiger partial charge in [0.2, 0.25) is 0 Å². The Morgan fingerprint density at radius 1 is 1.17 bits per heavy atom. The van der Waals surface area contributed by atoms with E-state index in [1.54, 1.807) is 0 Å². The van der Waals surface area contributed by atoms with Gasteiger partial charge in [-0.1, -0.05) is 37.9 Å². The summed E-state index contributed by atoms with van der Waals surface area (Å²) in [6, 6.07) is 5.59. The van der Waals surface area contributed by atoms with Gasteiger partial charge in [-0.05, 0) is 37.1 Å². The van der Waals surface area contributed by atoms with Crippen molar-refractivity contribution in [1.82, 2.24) is 4.72 Å². The normalized spacial score (nSPS) is 16.2. The third-order valence-corrected chi connectivity index (χ3v) is 5.76. The summed E-state index contributed by atoms with van der Waals surface area (Å²) in [5, 5.41) is 0. The van der Waals surface area contributed by atoms with Crippen LogP contribution in [0.25, 0.3) is 0 Å². The molecule has 136 valence electrons. The lowest BCUT2D eigenvalue weighted by molar-refractivity contribution is -0.137. The minimum absolute atomic E-state index is 0.385. The van der Waals surface area contributed by atoms with Crippen LogP contribution in [-0.2, 0) is 11.0 Å². The predicted molar refractivity (Wildman–Crippen MR) is 97.9 cm³/mol. The van der Waals surface area contributed by atoms with Gasteiger partial charge in [0.25, 0.3) is 0 Å². The van der Waals surface area contributed by atoms with Crippen molar-refractivity contribution >= 4 is 27.4 Å². The van der Waals surface area contributed by atoms with E-state index in [0.29, 0.717) is 12.5 Å². The van der Waals surface area contributed by atoms with Crippen molar-refractivity contribution in [3.63, 3.8) is 0 Å². The van der Waals surface area contributed by atoms with E-state index >= 15 is 0 Å². The highest BCUT2D eigenvalue weighted by Crippen LogP contribution is 2.34. The standard InChI is InChI=1S/C15H20F3NS.C3H6O/c1-20(2,19-13-6-4-3-5-7-13)14-10-8-12(9-11-14)15(16,17)18;1-2-3-4/h8-11,13,19H,1-7H2;3H,2H2,1H3. The van der Waals surface area contributed by atoms with Gasteiger partial charge in [0.05, 0.1) is 5.56 Å². The van der Waals surface area contributed by atoms with Crippen LogP contribution < -0.4 is 4.72 Å². The van der Waals surface area contributed by atoms with Gasteiger partial charge in [-0.25, -0.2) is 0 Å². The Morgan fingerprint density at radius 2 is 1.67 bits per heavy atom. The minimum atomic E-state index is -4.30. The summed E-state index contributed by atoms with van der Waals surface area (Å²) in [7, 11) is -1.74. The fourth-order valence-electron chi connectivity index (χ4n) is 2.51. The topological polar surface area (TPSA) is 29.1 Å². The molecule has 0 bridgehead atoms. The van der Waals surface area contributed by atoms with Crippen molar-refractivity contribution in [2.75, 3.05) is 0 Å². The van der Waals surface area contributed by atoms with Crippen LogP contribution in [0, 0.1) is 0 Å². The van der Waals surface area contributed by atoms with E-state index in [1.807, 2.05) is 6.92 Å². The van der Waals surface area contributed by atoms with Gasteiger partial charge in [-0.2, -0.15) is 13.2 Å². The average Bonchev–Trinajstić information content (AvgIpc) is 2.55. The van der Waals surface area contributed by atoms with E-state index in [9.17, 15) is 18.0 Å². The van der Waals surface area contributed by atoms with E-state index in [-0.39, 0.29) is 0 Å². The Bertz CT molecular complexity index is 600. The van der Waals surface area contributed by atoms with Gasteiger partial charge in [0, 0.05) is 17.4 Å². The largest absolute Gasteiger partial charge is 0.416 e. The SMILES string of the molecule is C=S(=C)(NC1CCCCC1)c1ccc(C(F)(F)F)cc1.CCC=O. The molecular weight excluding hydrogens is 335 g/mol. The van der Waals surface area contributed by atoms with Crippen molar-refractivity contribution in [1.29, 1.82) is 0 Å². The van der Waals surface area contributed by atoms with Crippen LogP contribution in [0.5, 0.6) is 0 Å². The van der Waals surface area contributed by atoms with Crippen molar-refractivity contribution < 1.29 is 18.0 Å². The maximum Gasteiger partial charge on any atom is 0.416 e. The van der Waals surface area contributed by atoms with Crippen molar-refractivity contribution in [2.45, 2.75) is 62.6 Å². The van der Waals surface area contributed by atoms with Gasteiger partial charge in [0.15, 0.2) is 0 Å².